The summed E-state index contributed by atoms with van der Waals surface area (Å²) in [6.45, 7) is 9.20. The van der Waals surface area contributed by atoms with Gasteiger partial charge in [0.25, 0.3) is 0 Å². The van der Waals surface area contributed by atoms with Gasteiger partial charge in [-0.1, -0.05) is 76.2 Å². The molecule has 4 N–H and O–H groups in total. The number of methoxy groups -OCH3 is 2. The van der Waals surface area contributed by atoms with Gasteiger partial charge in [-0.25, -0.2) is 19.6 Å². The molecule has 0 radical (unpaired) electrons. The number of H-pyrrole nitrogens is 2. The molecule has 3 aromatic carbocycles. The van der Waals surface area contributed by atoms with Crippen molar-refractivity contribution in [1.82, 2.24) is 40.4 Å². The maximum atomic E-state index is 13.7. The molecule has 2 aliphatic rings. The monoisotopic (exact) mass is 804 g/mol. The first-order valence-electron chi connectivity index (χ1n) is 20.1. The fourth-order valence-electron chi connectivity index (χ4n) is 7.91. The summed E-state index contributed by atoms with van der Waals surface area (Å²) in [6.07, 6.45) is 3.93. The van der Waals surface area contributed by atoms with Crippen LogP contribution in [0.25, 0.3) is 44.4 Å². The first-order valence-corrected chi connectivity index (χ1v) is 20.1. The summed E-state index contributed by atoms with van der Waals surface area (Å²) in [4.78, 5) is 71.0. The Labute approximate surface area is 343 Å². The van der Waals surface area contributed by atoms with Gasteiger partial charge >= 0.3 is 12.2 Å². The van der Waals surface area contributed by atoms with Crippen molar-refractivity contribution in [2.75, 3.05) is 40.5 Å². The lowest BCUT2D eigenvalue weighted by Crippen LogP contribution is -2.54. The van der Waals surface area contributed by atoms with E-state index in [2.05, 4.69) is 91.2 Å². The van der Waals surface area contributed by atoms with Gasteiger partial charge in [0, 0.05) is 18.7 Å². The fourth-order valence-corrected chi connectivity index (χ4v) is 7.91. The maximum absolute atomic E-state index is 13.7. The molecular formula is C44H52N8O7. The number of likely N-dealkylation sites (tertiary alicyclic amines) is 1. The van der Waals surface area contributed by atoms with Crippen molar-refractivity contribution < 1.29 is 33.4 Å². The number of amides is 4. The Morgan fingerprint density at radius 2 is 1.17 bits per heavy atom. The molecule has 2 aliphatic heterocycles. The van der Waals surface area contributed by atoms with E-state index in [-0.39, 0.29) is 36.3 Å². The number of carbonyl (C=O) groups excluding carboxylic acids is 4. The minimum absolute atomic E-state index is 0.108. The van der Waals surface area contributed by atoms with Crippen molar-refractivity contribution in [2.45, 2.75) is 64.7 Å². The summed E-state index contributed by atoms with van der Waals surface area (Å²) < 4.78 is 15.3. The highest BCUT2D eigenvalue weighted by molar-refractivity contribution is 5.91. The SMILES string of the molecule is COC(=O)NC(C(=O)N1CCCC1c1ncc(-c2ccc(-c3ccc4cc(-c5cnc(C6COCCN6C(=O)C(NC(=O)OC)C(C)C)[nH]5)ccc4c3)cc2)[nH]1)C(C)C. The summed E-state index contributed by atoms with van der Waals surface area (Å²) in [5.74, 6) is 0.724. The average molecular weight is 805 g/mol. The standard InChI is InChI=1S/C44H52N8O7/c1-25(2)37(49-43(55)57-5)41(53)51-17-7-8-35(51)39-45-22-33(47-39)28-11-9-27(10-12-28)29-13-14-31-21-32(16-15-30(31)20-29)34-23-46-40(48-34)36-24-59-19-18-52(36)42(54)38(26(3)4)50-44(56)58-6/h9-16,20-23,25-26,35-38H,7-8,17-19,24H2,1-6H3,(H,45,47)(H,46,48)(H,49,55)(H,50,56). The zero-order valence-corrected chi connectivity index (χ0v) is 34.3. The quantitative estimate of drug-likeness (QED) is 0.114. The number of ether oxygens (including phenoxy) is 3. The van der Waals surface area contributed by atoms with Crippen molar-refractivity contribution in [3.63, 3.8) is 0 Å². The Balaban J connectivity index is 1.03. The van der Waals surface area contributed by atoms with Crippen molar-refractivity contribution in [1.29, 1.82) is 0 Å². The van der Waals surface area contributed by atoms with Crippen LogP contribution < -0.4 is 10.6 Å². The van der Waals surface area contributed by atoms with E-state index < -0.39 is 30.3 Å². The van der Waals surface area contributed by atoms with Crippen LogP contribution in [0.15, 0.2) is 73.1 Å². The number of alkyl carbamates (subject to hydrolysis) is 2. The Bertz CT molecular complexity index is 2300. The zero-order valence-electron chi connectivity index (χ0n) is 34.3. The Morgan fingerprint density at radius 1 is 0.678 bits per heavy atom. The number of hydrogen-bond acceptors (Lipinski definition) is 9. The third kappa shape index (κ3) is 8.80. The van der Waals surface area contributed by atoms with Crippen LogP contribution in [-0.2, 0) is 23.8 Å². The number of nitrogens with one attached hydrogen (secondary N) is 4. The Hall–Kier alpha value is -6.22. The second-order valence-corrected chi connectivity index (χ2v) is 15.7. The molecule has 59 heavy (non-hydrogen) atoms. The fraction of sp³-hybridized carbons (Fsp3) is 0.409. The second kappa shape index (κ2) is 17.7. The van der Waals surface area contributed by atoms with Gasteiger partial charge in [0.1, 0.15) is 29.8 Å². The van der Waals surface area contributed by atoms with E-state index in [1.54, 1.807) is 17.3 Å². The third-order valence-electron chi connectivity index (χ3n) is 11.2. The molecule has 15 heteroatoms. The summed E-state index contributed by atoms with van der Waals surface area (Å²) in [7, 11) is 2.57. The molecular weight excluding hydrogens is 753 g/mol. The molecule has 4 heterocycles. The van der Waals surface area contributed by atoms with Gasteiger partial charge in [-0.05, 0) is 64.3 Å². The molecule has 5 aromatic rings. The number of aromatic nitrogens is 4. The van der Waals surface area contributed by atoms with E-state index in [4.69, 9.17) is 14.2 Å². The van der Waals surface area contributed by atoms with Crippen LogP contribution >= 0.6 is 0 Å². The van der Waals surface area contributed by atoms with Crippen molar-refractivity contribution >= 4 is 34.8 Å². The molecule has 2 fully saturated rings. The van der Waals surface area contributed by atoms with E-state index >= 15 is 0 Å². The number of rotatable bonds is 11. The molecule has 7 rings (SSSR count). The molecule has 310 valence electrons. The van der Waals surface area contributed by atoms with E-state index in [0.29, 0.717) is 25.5 Å². The predicted molar refractivity (Wildman–Crippen MR) is 222 cm³/mol. The number of carbonyl (C=O) groups is 4. The van der Waals surface area contributed by atoms with E-state index in [1.807, 2.05) is 32.6 Å². The highest BCUT2D eigenvalue weighted by atomic mass is 16.5. The number of fused-ring (bicyclic) bond motifs is 1. The number of imidazole rings is 2. The first kappa shape index (κ1) is 41.0. The number of aromatic amines is 2. The van der Waals surface area contributed by atoms with Crippen LogP contribution in [0, 0.1) is 11.8 Å². The lowest BCUT2D eigenvalue weighted by Gasteiger charge is -2.37. The summed E-state index contributed by atoms with van der Waals surface area (Å²) in [5, 5.41) is 7.53. The van der Waals surface area contributed by atoms with E-state index in [9.17, 15) is 19.2 Å². The van der Waals surface area contributed by atoms with Gasteiger partial charge in [0.05, 0.1) is 57.3 Å². The molecule has 4 amide bonds. The lowest BCUT2D eigenvalue weighted by molar-refractivity contribution is -0.143. The normalized spacial score (nSPS) is 17.9. The van der Waals surface area contributed by atoms with E-state index in [0.717, 1.165) is 63.1 Å². The predicted octanol–water partition coefficient (Wildman–Crippen LogP) is 6.61. The summed E-state index contributed by atoms with van der Waals surface area (Å²) >= 11 is 0. The molecule has 15 nitrogen and oxygen atoms in total. The summed E-state index contributed by atoms with van der Waals surface area (Å²) in [5.41, 5.74) is 5.75. The van der Waals surface area contributed by atoms with Crippen molar-refractivity contribution in [2.24, 2.45) is 11.8 Å². The molecule has 0 bridgehead atoms. The number of hydrogen-bond donors (Lipinski definition) is 4. The highest BCUT2D eigenvalue weighted by Crippen LogP contribution is 2.34. The maximum Gasteiger partial charge on any atom is 0.407 e. The summed E-state index contributed by atoms with van der Waals surface area (Å²) in [6, 6.07) is 18.9. The van der Waals surface area contributed by atoms with Gasteiger partial charge in [-0.2, -0.15) is 0 Å². The van der Waals surface area contributed by atoms with Crippen LogP contribution in [0.3, 0.4) is 0 Å². The lowest BCUT2D eigenvalue weighted by atomic mass is 9.98. The molecule has 4 unspecified atom stereocenters. The van der Waals surface area contributed by atoms with Crippen LogP contribution in [0.1, 0.15) is 64.3 Å². The van der Waals surface area contributed by atoms with Crippen LogP contribution in [-0.4, -0.2) is 106 Å². The van der Waals surface area contributed by atoms with Crippen LogP contribution in [0.2, 0.25) is 0 Å². The largest absolute Gasteiger partial charge is 0.453 e. The Morgan fingerprint density at radius 3 is 1.75 bits per heavy atom. The van der Waals surface area contributed by atoms with Gasteiger partial charge in [-0.3, -0.25) is 9.59 Å². The Kier molecular flexibility index (Phi) is 12.3. The topological polar surface area (TPSA) is 184 Å². The zero-order chi connectivity index (χ0) is 41.8. The van der Waals surface area contributed by atoms with E-state index in [1.165, 1.54) is 14.2 Å². The molecule has 0 spiro atoms. The smallest absolute Gasteiger partial charge is 0.407 e. The highest BCUT2D eigenvalue weighted by Gasteiger charge is 2.38. The van der Waals surface area contributed by atoms with Gasteiger partial charge in [0.15, 0.2) is 0 Å². The third-order valence-corrected chi connectivity index (χ3v) is 11.2. The molecule has 4 atom stereocenters. The molecule has 2 aromatic heterocycles. The van der Waals surface area contributed by atoms with Crippen molar-refractivity contribution in [3.05, 3.63) is 84.7 Å². The molecule has 2 saturated heterocycles. The minimum Gasteiger partial charge on any atom is -0.453 e. The number of benzene rings is 3. The van der Waals surface area contributed by atoms with Gasteiger partial charge in [-0.15, -0.1) is 0 Å². The molecule has 0 saturated carbocycles. The van der Waals surface area contributed by atoms with Crippen molar-refractivity contribution in [3.8, 4) is 33.6 Å². The first-order chi connectivity index (χ1) is 28.4. The van der Waals surface area contributed by atoms with Gasteiger partial charge in [0.2, 0.25) is 11.8 Å². The van der Waals surface area contributed by atoms with Crippen LogP contribution in [0.4, 0.5) is 9.59 Å². The molecule has 0 aliphatic carbocycles. The number of nitrogens with zero attached hydrogens (tertiary/aromatic N) is 4. The second-order valence-electron chi connectivity index (χ2n) is 15.7. The number of morpholine rings is 1. The van der Waals surface area contributed by atoms with Gasteiger partial charge < -0.3 is 44.6 Å². The minimum atomic E-state index is -0.748. The van der Waals surface area contributed by atoms with Crippen LogP contribution in [0.5, 0.6) is 0 Å². The average Bonchev–Trinajstić information content (AvgIpc) is 4.06.